The van der Waals surface area contributed by atoms with Crippen LogP contribution in [0.15, 0.2) is 53.4 Å². The molecule has 2 heterocycles. The molecule has 0 unspecified atom stereocenters. The molecule has 0 spiro atoms. The van der Waals surface area contributed by atoms with Gasteiger partial charge in [-0.3, -0.25) is 4.58 Å². The predicted molar refractivity (Wildman–Crippen MR) is 111 cm³/mol. The Balaban J connectivity index is 1.73. The Morgan fingerprint density at radius 2 is 1.79 bits per heavy atom. The van der Waals surface area contributed by atoms with Gasteiger partial charge in [-0.05, 0) is 55.7 Å². The molecule has 0 saturated heterocycles. The fourth-order valence-corrected chi connectivity index (χ4v) is 4.74. The van der Waals surface area contributed by atoms with E-state index in [4.69, 9.17) is 4.74 Å². The molecule has 0 aromatic heterocycles. The van der Waals surface area contributed by atoms with Crippen LogP contribution in [0.1, 0.15) is 31.2 Å². The number of halogens is 2. The van der Waals surface area contributed by atoms with E-state index in [0.717, 1.165) is 43.1 Å². The highest BCUT2D eigenvalue weighted by Crippen LogP contribution is 2.39. The Bertz CT molecular complexity index is 887. The minimum Gasteiger partial charge on any atom is -0.497 e. The molecule has 4 nitrogen and oxygen atoms in total. The fourth-order valence-electron chi connectivity index (χ4n) is 4.24. The largest absolute Gasteiger partial charge is 0.497 e. The number of hydrogen-bond donors (Lipinski definition) is 1. The molecular formula is C22H25F2N2O2S+. The van der Waals surface area contributed by atoms with Crippen molar-refractivity contribution < 1.29 is 23.2 Å². The van der Waals surface area contributed by atoms with Gasteiger partial charge >= 0.3 is 0 Å². The van der Waals surface area contributed by atoms with Gasteiger partial charge in [0.1, 0.15) is 11.4 Å². The van der Waals surface area contributed by atoms with Crippen molar-refractivity contribution in [3.8, 4) is 5.75 Å². The summed E-state index contributed by atoms with van der Waals surface area (Å²) in [5.74, 6) is -0.590. The lowest BCUT2D eigenvalue weighted by Gasteiger charge is -2.29. The first kappa shape index (κ1) is 20.2. The van der Waals surface area contributed by atoms with E-state index in [1.807, 2.05) is 29.2 Å². The molecule has 0 saturated carbocycles. The third-order valence-electron chi connectivity index (χ3n) is 5.61. The monoisotopic (exact) mass is 419 g/mol. The van der Waals surface area contributed by atoms with Crippen molar-refractivity contribution in [3.63, 3.8) is 0 Å². The maximum absolute atomic E-state index is 12.7. The van der Waals surface area contributed by atoms with Gasteiger partial charge in [0.25, 0.3) is 17.3 Å². The molecular weight excluding hydrogens is 394 g/mol. The number of ether oxygens (including phenoxy) is 1. The average molecular weight is 420 g/mol. The van der Waals surface area contributed by atoms with Crippen molar-refractivity contribution >= 4 is 23.3 Å². The Labute approximate surface area is 173 Å². The van der Waals surface area contributed by atoms with E-state index in [2.05, 4.69) is 4.58 Å². The second-order valence-corrected chi connectivity index (χ2v) is 8.46. The van der Waals surface area contributed by atoms with E-state index in [-0.39, 0.29) is 0 Å². The van der Waals surface area contributed by atoms with Gasteiger partial charge in [0.2, 0.25) is 0 Å². The minimum absolute atomic E-state index is 0.454. The highest BCUT2D eigenvalue weighted by molar-refractivity contribution is 7.99. The molecule has 0 radical (unpaired) electrons. The lowest BCUT2D eigenvalue weighted by Crippen LogP contribution is -2.47. The molecule has 2 aromatic rings. The number of thioether (sulfide) groups is 1. The van der Waals surface area contributed by atoms with Crippen LogP contribution in [-0.2, 0) is 5.72 Å². The third kappa shape index (κ3) is 3.98. The maximum Gasteiger partial charge on any atom is 0.288 e. The summed E-state index contributed by atoms with van der Waals surface area (Å²) in [5, 5.41) is 11.9. The van der Waals surface area contributed by atoms with Gasteiger partial charge in [-0.25, -0.2) is 0 Å². The molecule has 29 heavy (non-hydrogen) atoms. The van der Waals surface area contributed by atoms with E-state index in [0.29, 0.717) is 28.8 Å². The standard InChI is InChI=1S/C22H25F2N2O2S/c1-28-18-10-8-17(9-11-18)26-20-5-3-2-4-14-25(20)15-22(26,27)16-6-12-19(13-7-16)29-21(23)24/h6-13,21,27H,2-5,14-15H2,1H3/q+1/t22-/m0/s1. The molecule has 2 aliphatic rings. The van der Waals surface area contributed by atoms with Crippen LogP contribution in [0.4, 0.5) is 14.5 Å². The van der Waals surface area contributed by atoms with Crippen LogP contribution in [0.25, 0.3) is 0 Å². The van der Waals surface area contributed by atoms with Crippen LogP contribution in [0.2, 0.25) is 0 Å². The molecule has 1 atom stereocenters. The summed E-state index contributed by atoms with van der Waals surface area (Å²) in [6.07, 6.45) is 4.25. The Morgan fingerprint density at radius 3 is 2.45 bits per heavy atom. The van der Waals surface area contributed by atoms with Crippen LogP contribution in [-0.4, -0.2) is 41.5 Å². The van der Waals surface area contributed by atoms with Crippen LogP contribution in [0, 0.1) is 0 Å². The molecule has 0 fully saturated rings. The highest BCUT2D eigenvalue weighted by atomic mass is 32.2. The van der Waals surface area contributed by atoms with Gasteiger partial charge in [0.15, 0.2) is 6.54 Å². The summed E-state index contributed by atoms with van der Waals surface area (Å²) in [5.41, 5.74) is 0.334. The lowest BCUT2D eigenvalue weighted by molar-refractivity contribution is -0.534. The van der Waals surface area contributed by atoms with Crippen molar-refractivity contribution in [1.29, 1.82) is 0 Å². The molecule has 0 aliphatic carbocycles. The summed E-state index contributed by atoms with van der Waals surface area (Å²) in [6.45, 7) is 1.36. The van der Waals surface area contributed by atoms with Crippen LogP contribution in [0.3, 0.4) is 0 Å². The van der Waals surface area contributed by atoms with E-state index in [9.17, 15) is 13.9 Å². The summed E-state index contributed by atoms with van der Waals surface area (Å²) in [6, 6.07) is 14.5. The predicted octanol–water partition coefficient (Wildman–Crippen LogP) is 4.66. The van der Waals surface area contributed by atoms with Crippen molar-refractivity contribution in [2.75, 3.05) is 25.1 Å². The SMILES string of the molecule is COc1ccc(N2C3=[N+](CCCCC3)C[C@]2(O)c2ccc(SC(F)F)cc2)cc1. The summed E-state index contributed by atoms with van der Waals surface area (Å²) in [4.78, 5) is 2.50. The number of benzene rings is 2. The van der Waals surface area contributed by atoms with Crippen LogP contribution < -0.4 is 9.64 Å². The normalized spacial score (nSPS) is 22.0. The van der Waals surface area contributed by atoms with Gasteiger partial charge in [-0.15, -0.1) is 0 Å². The quantitative estimate of drug-likeness (QED) is 0.565. The number of hydrogen-bond acceptors (Lipinski definition) is 4. The van der Waals surface area contributed by atoms with E-state index >= 15 is 0 Å². The Morgan fingerprint density at radius 1 is 1.07 bits per heavy atom. The van der Waals surface area contributed by atoms with E-state index in [1.165, 1.54) is 6.42 Å². The molecule has 154 valence electrons. The van der Waals surface area contributed by atoms with E-state index < -0.39 is 11.5 Å². The van der Waals surface area contributed by atoms with E-state index in [1.54, 1.807) is 31.4 Å². The van der Waals surface area contributed by atoms with Crippen molar-refractivity contribution in [3.05, 3.63) is 54.1 Å². The molecule has 0 amide bonds. The second-order valence-electron chi connectivity index (χ2n) is 7.40. The summed E-state index contributed by atoms with van der Waals surface area (Å²) >= 11 is 0.515. The summed E-state index contributed by atoms with van der Waals surface area (Å²) < 4.78 is 32.9. The average Bonchev–Trinajstić information content (AvgIpc) is 2.84. The number of methoxy groups -OCH3 is 1. The second kappa shape index (κ2) is 8.32. The zero-order valence-electron chi connectivity index (χ0n) is 16.4. The van der Waals surface area contributed by atoms with Crippen LogP contribution >= 0.6 is 11.8 Å². The smallest absolute Gasteiger partial charge is 0.288 e. The molecule has 1 N–H and O–H groups in total. The lowest BCUT2D eigenvalue weighted by atomic mass is 10.00. The zero-order valence-corrected chi connectivity index (χ0v) is 17.2. The molecule has 0 bridgehead atoms. The number of nitrogens with zero attached hydrogens (tertiary/aromatic N) is 2. The first-order valence-electron chi connectivity index (χ1n) is 9.84. The number of aliphatic hydroxyl groups is 1. The minimum atomic E-state index is -2.46. The highest BCUT2D eigenvalue weighted by Gasteiger charge is 2.54. The number of rotatable bonds is 5. The number of alkyl halides is 2. The fraction of sp³-hybridized carbons (Fsp3) is 0.409. The number of anilines is 1. The zero-order chi connectivity index (χ0) is 20.4. The van der Waals surface area contributed by atoms with Gasteiger partial charge in [-0.1, -0.05) is 23.9 Å². The van der Waals surface area contributed by atoms with Crippen molar-refractivity contribution in [1.82, 2.24) is 0 Å². The Hall–Kier alpha value is -2.12. The van der Waals surface area contributed by atoms with Gasteiger partial charge in [-0.2, -0.15) is 13.7 Å². The topological polar surface area (TPSA) is 35.7 Å². The number of amidine groups is 1. The molecule has 4 rings (SSSR count). The first-order valence-corrected chi connectivity index (χ1v) is 10.7. The molecule has 2 aromatic carbocycles. The molecule has 7 heteroatoms. The van der Waals surface area contributed by atoms with Crippen molar-refractivity contribution in [2.24, 2.45) is 0 Å². The van der Waals surface area contributed by atoms with Gasteiger partial charge in [0, 0.05) is 16.9 Å². The third-order valence-corrected chi connectivity index (χ3v) is 6.33. The molecule has 2 aliphatic heterocycles. The van der Waals surface area contributed by atoms with Crippen molar-refractivity contribution in [2.45, 2.75) is 42.1 Å². The first-order chi connectivity index (χ1) is 14.0. The maximum atomic E-state index is 12.7. The van der Waals surface area contributed by atoms with Gasteiger partial charge < -0.3 is 9.84 Å². The van der Waals surface area contributed by atoms with Gasteiger partial charge in [0.05, 0.1) is 13.7 Å². The van der Waals surface area contributed by atoms with Crippen LogP contribution in [0.5, 0.6) is 5.75 Å². The Kier molecular flexibility index (Phi) is 5.79. The summed E-state index contributed by atoms with van der Waals surface area (Å²) in [7, 11) is 1.63.